The lowest BCUT2D eigenvalue weighted by molar-refractivity contribution is -0.137. The number of anilines is 1. The van der Waals surface area contributed by atoms with Gasteiger partial charge in [-0.3, -0.25) is 9.59 Å². The van der Waals surface area contributed by atoms with E-state index in [0.717, 1.165) is 18.6 Å². The highest BCUT2D eigenvalue weighted by atomic mass is 35.5. The highest BCUT2D eigenvalue weighted by molar-refractivity contribution is 6.31. The van der Waals surface area contributed by atoms with Gasteiger partial charge >= 0.3 is 6.18 Å². The smallest absolute Gasteiger partial charge is 0.345 e. The van der Waals surface area contributed by atoms with E-state index in [0.29, 0.717) is 29.9 Å². The van der Waals surface area contributed by atoms with Gasteiger partial charge < -0.3 is 14.8 Å². The number of benzene rings is 1. The minimum Gasteiger partial charge on any atom is -0.345 e. The average molecular weight is 412 g/mol. The number of halogens is 4. The summed E-state index contributed by atoms with van der Waals surface area (Å²) in [6.45, 7) is 1.15. The second-order valence-electron chi connectivity index (χ2n) is 7.37. The molecule has 2 aliphatic rings. The summed E-state index contributed by atoms with van der Waals surface area (Å²) in [5.74, 6) is -0.128. The number of aryl methyl sites for hydroxylation is 1. The Labute approximate surface area is 164 Å². The molecule has 0 unspecified atom stereocenters. The number of fused-ring (bicyclic) bond motifs is 1. The van der Waals surface area contributed by atoms with E-state index in [1.807, 2.05) is 0 Å². The van der Waals surface area contributed by atoms with Crippen molar-refractivity contribution in [3.05, 3.63) is 52.3 Å². The van der Waals surface area contributed by atoms with Crippen LogP contribution in [0.1, 0.15) is 32.8 Å². The Bertz CT molecular complexity index is 960. The van der Waals surface area contributed by atoms with Gasteiger partial charge in [0.25, 0.3) is 11.8 Å². The van der Waals surface area contributed by atoms with Crippen molar-refractivity contribution in [3.8, 4) is 0 Å². The maximum atomic E-state index is 13.3. The standard InChI is InChI=1S/C19H17ClF3N3O2/c1-25-9-14(20)6-16(25)17(27)24-15-4-10(3-13(5-15)19(21,22)23)18(28)26-7-11-2-12(11)8-26/h3-6,9,11-12H,2,7-8H2,1H3,(H,24,27)/t11-,12+. The second-order valence-corrected chi connectivity index (χ2v) is 7.81. The van der Waals surface area contributed by atoms with E-state index >= 15 is 0 Å². The third kappa shape index (κ3) is 3.61. The average Bonchev–Trinajstić information content (AvgIpc) is 3.06. The molecule has 2 fully saturated rings. The van der Waals surface area contributed by atoms with Crippen LogP contribution in [0.15, 0.2) is 30.5 Å². The molecule has 1 aliphatic carbocycles. The van der Waals surface area contributed by atoms with Crippen LogP contribution in [0.4, 0.5) is 18.9 Å². The Hall–Kier alpha value is -2.48. The second kappa shape index (κ2) is 6.55. The maximum Gasteiger partial charge on any atom is 0.416 e. The third-order valence-corrected chi connectivity index (χ3v) is 5.44. The van der Waals surface area contributed by atoms with Crippen LogP contribution in [0.3, 0.4) is 0 Å². The molecule has 2 heterocycles. The van der Waals surface area contributed by atoms with Crippen molar-refractivity contribution in [1.29, 1.82) is 0 Å². The monoisotopic (exact) mass is 411 g/mol. The van der Waals surface area contributed by atoms with Crippen LogP contribution in [0.5, 0.6) is 0 Å². The quantitative estimate of drug-likeness (QED) is 0.828. The van der Waals surface area contributed by atoms with Crippen LogP contribution < -0.4 is 5.32 Å². The van der Waals surface area contributed by atoms with Gasteiger partial charge in [0, 0.05) is 37.6 Å². The molecule has 0 spiro atoms. The Morgan fingerprint density at radius 2 is 1.82 bits per heavy atom. The van der Waals surface area contributed by atoms with Gasteiger partial charge in [0.2, 0.25) is 0 Å². The number of hydrogen-bond acceptors (Lipinski definition) is 2. The first-order valence-corrected chi connectivity index (χ1v) is 9.14. The first kappa shape index (κ1) is 18.9. The number of likely N-dealkylation sites (tertiary alicyclic amines) is 1. The molecule has 1 aromatic heterocycles. The first-order valence-electron chi connectivity index (χ1n) is 8.76. The van der Waals surface area contributed by atoms with Crippen LogP contribution in [0.2, 0.25) is 5.02 Å². The number of carbonyl (C=O) groups is 2. The lowest BCUT2D eigenvalue weighted by Gasteiger charge is -2.19. The summed E-state index contributed by atoms with van der Waals surface area (Å²) in [6, 6.07) is 4.35. The molecular weight excluding hydrogens is 395 g/mol. The van der Waals surface area contributed by atoms with E-state index in [-0.39, 0.29) is 16.9 Å². The van der Waals surface area contributed by atoms with Crippen molar-refractivity contribution in [3.63, 3.8) is 0 Å². The molecule has 1 N–H and O–H groups in total. The van der Waals surface area contributed by atoms with Crippen LogP contribution in [0.25, 0.3) is 0 Å². The van der Waals surface area contributed by atoms with Crippen LogP contribution in [-0.4, -0.2) is 34.4 Å². The van der Waals surface area contributed by atoms with E-state index in [2.05, 4.69) is 5.32 Å². The zero-order valence-electron chi connectivity index (χ0n) is 14.9. The highest BCUT2D eigenvalue weighted by Crippen LogP contribution is 2.45. The maximum absolute atomic E-state index is 13.3. The largest absolute Gasteiger partial charge is 0.416 e. The van der Waals surface area contributed by atoms with E-state index < -0.39 is 23.6 Å². The highest BCUT2D eigenvalue weighted by Gasteiger charge is 2.46. The number of aromatic nitrogens is 1. The number of alkyl halides is 3. The van der Waals surface area contributed by atoms with E-state index in [4.69, 9.17) is 11.6 Å². The Morgan fingerprint density at radius 1 is 1.14 bits per heavy atom. The summed E-state index contributed by atoms with van der Waals surface area (Å²) in [5.41, 5.74) is -0.973. The van der Waals surface area contributed by atoms with E-state index in [9.17, 15) is 22.8 Å². The predicted octanol–water partition coefficient (Wildman–Crippen LogP) is 4.04. The zero-order chi connectivity index (χ0) is 20.2. The Morgan fingerprint density at radius 3 is 2.39 bits per heavy atom. The minimum absolute atomic E-state index is 0.0867. The molecule has 4 rings (SSSR count). The molecule has 2 aromatic rings. The van der Waals surface area contributed by atoms with Gasteiger partial charge in [0.15, 0.2) is 0 Å². The number of hydrogen-bond donors (Lipinski definition) is 1. The van der Waals surface area contributed by atoms with E-state index in [1.165, 1.54) is 22.9 Å². The zero-order valence-corrected chi connectivity index (χ0v) is 15.6. The minimum atomic E-state index is -4.64. The van der Waals surface area contributed by atoms with Gasteiger partial charge in [-0.1, -0.05) is 11.6 Å². The molecule has 1 saturated heterocycles. The van der Waals surface area contributed by atoms with Crippen molar-refractivity contribution >= 4 is 29.1 Å². The van der Waals surface area contributed by atoms with Gasteiger partial charge in [-0.15, -0.1) is 0 Å². The number of rotatable bonds is 3. The lowest BCUT2D eigenvalue weighted by Crippen LogP contribution is -2.30. The van der Waals surface area contributed by atoms with Crippen LogP contribution in [0, 0.1) is 11.8 Å². The number of piperidine rings is 1. The van der Waals surface area contributed by atoms with Crippen molar-refractivity contribution in [2.24, 2.45) is 18.9 Å². The number of carbonyl (C=O) groups excluding carboxylic acids is 2. The molecule has 0 bridgehead atoms. The molecule has 2 amide bonds. The molecule has 0 radical (unpaired) electrons. The van der Waals surface area contributed by atoms with E-state index in [1.54, 1.807) is 11.9 Å². The van der Waals surface area contributed by atoms with Crippen molar-refractivity contribution in [2.75, 3.05) is 18.4 Å². The molecule has 28 heavy (non-hydrogen) atoms. The number of nitrogens with one attached hydrogen (secondary N) is 1. The first-order chi connectivity index (χ1) is 13.1. The lowest BCUT2D eigenvalue weighted by atomic mass is 10.1. The molecule has 148 valence electrons. The van der Waals surface area contributed by atoms with Gasteiger partial charge in [-0.05, 0) is 42.5 Å². The Kier molecular flexibility index (Phi) is 4.41. The molecule has 1 aromatic carbocycles. The van der Waals surface area contributed by atoms with Gasteiger partial charge in [0.05, 0.1) is 10.6 Å². The van der Waals surface area contributed by atoms with Crippen molar-refractivity contribution in [2.45, 2.75) is 12.6 Å². The molecule has 5 nitrogen and oxygen atoms in total. The molecular formula is C19H17ClF3N3O2. The molecule has 2 atom stereocenters. The van der Waals surface area contributed by atoms with Crippen molar-refractivity contribution < 1.29 is 22.8 Å². The van der Waals surface area contributed by atoms with Crippen LogP contribution in [-0.2, 0) is 13.2 Å². The fourth-order valence-electron chi connectivity index (χ4n) is 3.68. The van der Waals surface area contributed by atoms with Crippen LogP contribution >= 0.6 is 11.6 Å². The van der Waals surface area contributed by atoms with Gasteiger partial charge in [0.1, 0.15) is 5.69 Å². The fourth-order valence-corrected chi connectivity index (χ4v) is 3.93. The molecule has 9 heteroatoms. The normalized spacial score (nSPS) is 20.8. The summed E-state index contributed by atoms with van der Waals surface area (Å²) in [7, 11) is 1.60. The summed E-state index contributed by atoms with van der Waals surface area (Å²) >= 11 is 5.85. The Balaban J connectivity index is 1.63. The van der Waals surface area contributed by atoms with Gasteiger partial charge in [-0.2, -0.15) is 13.2 Å². The predicted molar refractivity (Wildman–Crippen MR) is 97.3 cm³/mol. The third-order valence-electron chi connectivity index (χ3n) is 5.24. The van der Waals surface area contributed by atoms with Gasteiger partial charge in [-0.25, -0.2) is 0 Å². The number of nitrogens with zero attached hydrogens (tertiary/aromatic N) is 2. The fraction of sp³-hybridized carbons (Fsp3) is 0.368. The molecule has 1 aliphatic heterocycles. The number of amides is 2. The van der Waals surface area contributed by atoms with Crippen molar-refractivity contribution in [1.82, 2.24) is 9.47 Å². The SMILES string of the molecule is Cn1cc(Cl)cc1C(=O)Nc1cc(C(=O)N2C[C@H]3C[C@H]3C2)cc(C(F)(F)F)c1. The molecule has 1 saturated carbocycles. The summed E-state index contributed by atoms with van der Waals surface area (Å²) < 4.78 is 41.4. The summed E-state index contributed by atoms with van der Waals surface area (Å²) in [6.07, 6.45) is -2.06. The topological polar surface area (TPSA) is 54.3 Å². The summed E-state index contributed by atoms with van der Waals surface area (Å²) in [5, 5.41) is 2.77. The summed E-state index contributed by atoms with van der Waals surface area (Å²) in [4.78, 5) is 26.7.